The van der Waals surface area contributed by atoms with Crippen molar-refractivity contribution in [3.63, 3.8) is 0 Å². The van der Waals surface area contributed by atoms with Crippen molar-refractivity contribution < 1.29 is 0 Å². The fourth-order valence-electron chi connectivity index (χ4n) is 9.40. The van der Waals surface area contributed by atoms with Crippen LogP contribution in [-0.4, -0.2) is 19.1 Å². The van der Waals surface area contributed by atoms with Crippen LogP contribution in [0, 0.1) is 6.92 Å². The first-order valence-corrected chi connectivity index (χ1v) is 21.7. The molecule has 0 spiro atoms. The van der Waals surface area contributed by atoms with Crippen LogP contribution in [0.4, 0.5) is 0 Å². The highest BCUT2D eigenvalue weighted by Gasteiger charge is 2.25. The number of aromatic nitrogens is 4. The Hall–Kier alpha value is -7.82. The van der Waals surface area contributed by atoms with Gasteiger partial charge in [0, 0.05) is 43.9 Å². The molecule has 11 rings (SSSR count). The molecule has 0 atom stereocenters. The summed E-state index contributed by atoms with van der Waals surface area (Å²) < 4.78 is 4.76. The van der Waals surface area contributed by atoms with Crippen LogP contribution in [0.3, 0.4) is 0 Å². The van der Waals surface area contributed by atoms with Gasteiger partial charge in [-0.2, -0.15) is 0 Å². The van der Waals surface area contributed by atoms with E-state index >= 15 is 0 Å². The average molecular weight is 811 g/mol. The molecule has 0 saturated carbocycles. The predicted molar refractivity (Wildman–Crippen MR) is 267 cm³/mol. The van der Waals surface area contributed by atoms with Crippen LogP contribution in [0.5, 0.6) is 0 Å². The van der Waals surface area contributed by atoms with Crippen LogP contribution in [0.1, 0.15) is 37.5 Å². The molecule has 0 fully saturated rings. The SMILES string of the molecule is C=C/C=C\c1c(C)ccc2c3c(ccc4c5ccccc5n(-c5ccc(C(C)(C)C)cc5)c43)n(-c3nc(-c4cccc(-c5ccccc5)c4)cc(-c4ccc5ccccc5c4)n3)c12. The van der Waals surface area contributed by atoms with Crippen molar-refractivity contribution in [1.82, 2.24) is 19.1 Å². The van der Waals surface area contributed by atoms with Gasteiger partial charge in [0.2, 0.25) is 5.95 Å². The molecule has 8 aromatic carbocycles. The fourth-order valence-corrected chi connectivity index (χ4v) is 9.40. The summed E-state index contributed by atoms with van der Waals surface area (Å²) >= 11 is 0. The van der Waals surface area contributed by atoms with Crippen molar-refractivity contribution in [2.45, 2.75) is 33.1 Å². The summed E-state index contributed by atoms with van der Waals surface area (Å²) in [4.78, 5) is 11.1. The van der Waals surface area contributed by atoms with E-state index in [0.29, 0.717) is 5.95 Å². The minimum Gasteiger partial charge on any atom is -0.309 e. The Morgan fingerprint density at radius 3 is 1.97 bits per heavy atom. The molecule has 3 aromatic heterocycles. The van der Waals surface area contributed by atoms with Crippen LogP contribution in [0.15, 0.2) is 195 Å². The van der Waals surface area contributed by atoms with Crippen molar-refractivity contribution in [3.8, 4) is 45.3 Å². The Bertz CT molecular complexity index is 3610. The van der Waals surface area contributed by atoms with Gasteiger partial charge in [0.15, 0.2) is 0 Å². The highest BCUT2D eigenvalue weighted by atomic mass is 15.2. The zero-order valence-electron chi connectivity index (χ0n) is 36.0. The Morgan fingerprint density at radius 1 is 0.508 bits per heavy atom. The standard InChI is InChI=1S/C59H46N4/c1-6-7-22-47-38(2)25-32-50-55-54(34-33-49-48-23-13-14-24-53(48)62(57(49)55)46-30-28-45(29-31-46)59(3,4)5)63(56(47)50)58-60-51(43-21-15-20-42(35-43)39-16-9-8-10-17-39)37-52(61-58)44-27-26-40-18-11-12-19-41(40)36-44/h6-37H,1H2,2-5H3/b22-7-. The molecule has 4 heteroatoms. The van der Waals surface area contributed by atoms with Crippen LogP contribution in [0.25, 0.3) is 106 Å². The summed E-state index contributed by atoms with van der Waals surface area (Å²) in [6.07, 6.45) is 6.05. The zero-order chi connectivity index (χ0) is 42.8. The fraction of sp³-hybridized carbons (Fsp3) is 0.0847. The van der Waals surface area contributed by atoms with Crippen LogP contribution >= 0.6 is 0 Å². The topological polar surface area (TPSA) is 35.6 Å². The summed E-state index contributed by atoms with van der Waals surface area (Å²) in [7, 11) is 0. The summed E-state index contributed by atoms with van der Waals surface area (Å²) in [5.74, 6) is 0.608. The summed E-state index contributed by atoms with van der Waals surface area (Å²) in [6, 6.07) is 63.5. The molecule has 0 aliphatic rings. The van der Waals surface area contributed by atoms with Crippen LogP contribution in [-0.2, 0) is 5.41 Å². The first-order valence-electron chi connectivity index (χ1n) is 21.7. The van der Waals surface area contributed by atoms with Gasteiger partial charge in [0.05, 0.1) is 33.5 Å². The number of rotatable bonds is 7. The third-order valence-corrected chi connectivity index (χ3v) is 12.6. The van der Waals surface area contributed by atoms with Gasteiger partial charge < -0.3 is 4.57 Å². The van der Waals surface area contributed by atoms with Crippen LogP contribution in [0.2, 0.25) is 0 Å². The van der Waals surface area contributed by atoms with Gasteiger partial charge in [-0.1, -0.05) is 179 Å². The molecular formula is C59H46N4. The van der Waals surface area contributed by atoms with E-state index in [9.17, 15) is 0 Å². The Labute approximate surface area is 367 Å². The molecule has 0 bridgehead atoms. The largest absolute Gasteiger partial charge is 0.309 e. The molecule has 0 N–H and O–H groups in total. The molecule has 0 amide bonds. The van der Waals surface area contributed by atoms with E-state index < -0.39 is 0 Å². The highest BCUT2D eigenvalue weighted by molar-refractivity contribution is 6.27. The second-order valence-corrected chi connectivity index (χ2v) is 17.6. The number of fused-ring (bicyclic) bond motifs is 8. The molecule has 11 aromatic rings. The maximum Gasteiger partial charge on any atom is 0.235 e. The van der Waals surface area contributed by atoms with Gasteiger partial charge in [-0.25, -0.2) is 9.97 Å². The zero-order valence-corrected chi connectivity index (χ0v) is 36.0. The predicted octanol–water partition coefficient (Wildman–Crippen LogP) is 15.6. The molecule has 0 radical (unpaired) electrons. The molecule has 0 aliphatic heterocycles. The first kappa shape index (κ1) is 38.1. The van der Waals surface area contributed by atoms with Gasteiger partial charge in [0.25, 0.3) is 0 Å². The molecule has 3 heterocycles. The van der Waals surface area contributed by atoms with Crippen LogP contribution < -0.4 is 0 Å². The van der Waals surface area contributed by atoms with Gasteiger partial charge in [-0.05, 0) is 87.8 Å². The van der Waals surface area contributed by atoms with E-state index in [1.165, 1.54) is 27.2 Å². The molecule has 302 valence electrons. The van der Waals surface area contributed by atoms with E-state index in [1.807, 2.05) is 12.2 Å². The van der Waals surface area contributed by atoms with Crippen molar-refractivity contribution in [3.05, 3.63) is 211 Å². The Morgan fingerprint density at radius 2 is 1.19 bits per heavy atom. The van der Waals surface area contributed by atoms with E-state index in [4.69, 9.17) is 9.97 Å². The minimum atomic E-state index is 0.0381. The molecule has 0 aliphatic carbocycles. The monoisotopic (exact) mass is 810 g/mol. The number of allylic oxidation sites excluding steroid dienone is 2. The minimum absolute atomic E-state index is 0.0381. The number of benzene rings is 8. The number of hydrogen-bond donors (Lipinski definition) is 0. The quantitative estimate of drug-likeness (QED) is 0.150. The maximum absolute atomic E-state index is 5.56. The van der Waals surface area contributed by atoms with Crippen molar-refractivity contribution >= 4 is 60.5 Å². The van der Waals surface area contributed by atoms with E-state index in [0.717, 1.165) is 83.2 Å². The van der Waals surface area contributed by atoms with Gasteiger partial charge in [-0.3, -0.25) is 4.57 Å². The van der Waals surface area contributed by atoms with E-state index in [1.54, 1.807) is 0 Å². The van der Waals surface area contributed by atoms with Crippen molar-refractivity contribution in [2.75, 3.05) is 0 Å². The lowest BCUT2D eigenvalue weighted by Gasteiger charge is -2.19. The second kappa shape index (κ2) is 15.0. The summed E-state index contributed by atoms with van der Waals surface area (Å²) in [6.45, 7) is 13.0. The second-order valence-electron chi connectivity index (χ2n) is 17.6. The third-order valence-electron chi connectivity index (χ3n) is 12.6. The normalized spacial score (nSPS) is 12.1. The lowest BCUT2D eigenvalue weighted by atomic mass is 9.87. The number of para-hydroxylation sites is 1. The Kier molecular flexibility index (Phi) is 9.06. The molecule has 4 nitrogen and oxygen atoms in total. The number of nitrogens with zero attached hydrogens (tertiary/aromatic N) is 4. The average Bonchev–Trinajstić information content (AvgIpc) is 3.84. The molecule has 0 saturated heterocycles. The highest BCUT2D eigenvalue weighted by Crippen LogP contribution is 2.44. The van der Waals surface area contributed by atoms with E-state index in [2.05, 4.69) is 225 Å². The number of hydrogen-bond acceptors (Lipinski definition) is 2. The van der Waals surface area contributed by atoms with Crippen molar-refractivity contribution in [1.29, 1.82) is 0 Å². The summed E-state index contributed by atoms with van der Waals surface area (Å²) in [5, 5.41) is 7.05. The smallest absolute Gasteiger partial charge is 0.235 e. The first-order chi connectivity index (χ1) is 30.7. The van der Waals surface area contributed by atoms with Gasteiger partial charge in [-0.15, -0.1) is 0 Å². The van der Waals surface area contributed by atoms with Gasteiger partial charge in [0.1, 0.15) is 0 Å². The van der Waals surface area contributed by atoms with Crippen molar-refractivity contribution in [2.24, 2.45) is 0 Å². The maximum atomic E-state index is 5.56. The molecule has 0 unspecified atom stereocenters. The lowest BCUT2D eigenvalue weighted by Crippen LogP contribution is -2.10. The van der Waals surface area contributed by atoms with E-state index in [-0.39, 0.29) is 5.41 Å². The van der Waals surface area contributed by atoms with Gasteiger partial charge >= 0.3 is 0 Å². The number of aryl methyl sites for hydroxylation is 1. The molecule has 63 heavy (non-hydrogen) atoms. The summed E-state index contributed by atoms with van der Waals surface area (Å²) in [5.41, 5.74) is 15.2. The lowest BCUT2D eigenvalue weighted by molar-refractivity contribution is 0.590. The third kappa shape index (κ3) is 6.45. The molecular weight excluding hydrogens is 765 g/mol. The Balaban J connectivity index is 1.26.